The highest BCUT2D eigenvalue weighted by atomic mass is 14.7. The predicted molar refractivity (Wildman–Crippen MR) is 33.8 cm³/mol. The van der Waals surface area contributed by atoms with Crippen molar-refractivity contribution in [3.63, 3.8) is 0 Å². The molecule has 0 amide bonds. The third-order valence-electron chi connectivity index (χ3n) is 0.821. The van der Waals surface area contributed by atoms with Gasteiger partial charge in [-0.05, 0) is 6.92 Å². The van der Waals surface area contributed by atoms with Crippen LogP contribution in [-0.2, 0) is 0 Å². The zero-order chi connectivity index (χ0) is 5.70. The minimum atomic E-state index is 0.913. The molecule has 0 heterocycles. The van der Waals surface area contributed by atoms with Crippen LogP contribution in [0.25, 0.3) is 0 Å². The highest BCUT2D eigenvalue weighted by Crippen LogP contribution is 1.82. The Labute approximate surface area is 44.8 Å². The lowest BCUT2D eigenvalue weighted by atomic mass is 10.3. The molecular formula is C6H11N. The van der Waals surface area contributed by atoms with Gasteiger partial charge in [0.2, 0.25) is 0 Å². The van der Waals surface area contributed by atoms with E-state index in [4.69, 9.17) is 0 Å². The van der Waals surface area contributed by atoms with Crippen LogP contribution in [-0.4, -0.2) is 12.8 Å². The first-order valence-corrected chi connectivity index (χ1v) is 2.34. The summed E-state index contributed by atoms with van der Waals surface area (Å²) in [6, 6.07) is 0. The lowest BCUT2D eigenvalue weighted by Gasteiger charge is -1.86. The van der Waals surface area contributed by atoms with E-state index in [0.717, 1.165) is 12.1 Å². The highest BCUT2D eigenvalue weighted by Gasteiger charge is 1.78. The molecule has 1 heteroatoms. The van der Waals surface area contributed by atoms with Crippen LogP contribution in [0, 0.1) is 0 Å². The van der Waals surface area contributed by atoms with E-state index in [0.29, 0.717) is 0 Å². The lowest BCUT2D eigenvalue weighted by molar-refractivity contribution is 1.34. The van der Waals surface area contributed by atoms with E-state index in [1.165, 1.54) is 0 Å². The summed E-state index contributed by atoms with van der Waals surface area (Å²) in [5.41, 5.74) is 1.13. The summed E-state index contributed by atoms with van der Waals surface area (Å²) in [7, 11) is 1.79. The Balaban J connectivity index is 3.36. The Morgan fingerprint density at radius 1 is 1.86 bits per heavy atom. The van der Waals surface area contributed by atoms with Crippen molar-refractivity contribution in [2.24, 2.45) is 4.99 Å². The molecule has 0 aromatic heterocycles. The van der Waals surface area contributed by atoms with Gasteiger partial charge in [0, 0.05) is 19.2 Å². The van der Waals surface area contributed by atoms with E-state index in [2.05, 4.69) is 11.6 Å². The van der Waals surface area contributed by atoms with E-state index < -0.39 is 0 Å². The number of hydrogen-bond acceptors (Lipinski definition) is 1. The Kier molecular flexibility index (Phi) is 3.29. The van der Waals surface area contributed by atoms with Gasteiger partial charge in [-0.1, -0.05) is 6.08 Å². The zero-order valence-electron chi connectivity index (χ0n) is 4.94. The van der Waals surface area contributed by atoms with Crippen molar-refractivity contribution in [3.8, 4) is 0 Å². The monoisotopic (exact) mass is 97.1 g/mol. The fourth-order valence-corrected chi connectivity index (χ4v) is 0.300. The standard InChI is InChI=1S/C6H11N/c1-4-5-6(2)7-3/h4H,1,5H2,2-3H3. The molecule has 0 aromatic carbocycles. The summed E-state index contributed by atoms with van der Waals surface area (Å²) in [5.74, 6) is 0. The van der Waals surface area contributed by atoms with Gasteiger partial charge >= 0.3 is 0 Å². The van der Waals surface area contributed by atoms with Crippen LogP contribution in [0.15, 0.2) is 17.6 Å². The van der Waals surface area contributed by atoms with Crippen molar-refractivity contribution in [2.75, 3.05) is 7.05 Å². The van der Waals surface area contributed by atoms with E-state index in [1.807, 2.05) is 13.0 Å². The fourth-order valence-electron chi connectivity index (χ4n) is 0.300. The maximum atomic E-state index is 3.92. The van der Waals surface area contributed by atoms with Crippen LogP contribution in [0.5, 0.6) is 0 Å². The minimum Gasteiger partial charge on any atom is -0.297 e. The predicted octanol–water partition coefficient (Wildman–Crippen LogP) is 1.65. The Morgan fingerprint density at radius 2 is 2.43 bits per heavy atom. The second-order valence-electron chi connectivity index (χ2n) is 1.45. The molecule has 0 aliphatic rings. The van der Waals surface area contributed by atoms with Gasteiger partial charge in [0.15, 0.2) is 0 Å². The van der Waals surface area contributed by atoms with E-state index in [9.17, 15) is 0 Å². The second-order valence-corrected chi connectivity index (χ2v) is 1.45. The first-order chi connectivity index (χ1) is 3.31. The number of hydrogen-bond donors (Lipinski definition) is 0. The smallest absolute Gasteiger partial charge is 0.0276 e. The van der Waals surface area contributed by atoms with Crippen LogP contribution in [0.4, 0.5) is 0 Å². The number of rotatable bonds is 2. The molecule has 0 rings (SSSR count). The SMILES string of the molecule is C=CCC(C)=NC. The van der Waals surface area contributed by atoms with Crippen molar-refractivity contribution in [2.45, 2.75) is 13.3 Å². The van der Waals surface area contributed by atoms with E-state index in [-0.39, 0.29) is 0 Å². The van der Waals surface area contributed by atoms with Crippen LogP contribution in [0.2, 0.25) is 0 Å². The lowest BCUT2D eigenvalue weighted by Crippen LogP contribution is -1.84. The maximum absolute atomic E-state index is 3.92. The first-order valence-electron chi connectivity index (χ1n) is 2.34. The zero-order valence-corrected chi connectivity index (χ0v) is 4.94. The van der Waals surface area contributed by atoms with Crippen molar-refractivity contribution in [1.29, 1.82) is 0 Å². The summed E-state index contributed by atoms with van der Waals surface area (Å²) >= 11 is 0. The van der Waals surface area contributed by atoms with Crippen LogP contribution < -0.4 is 0 Å². The average Bonchev–Trinajstić information content (AvgIpc) is 1.68. The first kappa shape index (κ1) is 6.41. The van der Waals surface area contributed by atoms with E-state index >= 15 is 0 Å². The Morgan fingerprint density at radius 3 is 2.57 bits per heavy atom. The van der Waals surface area contributed by atoms with Gasteiger partial charge in [-0.15, -0.1) is 6.58 Å². The van der Waals surface area contributed by atoms with Gasteiger partial charge in [0.05, 0.1) is 0 Å². The van der Waals surface area contributed by atoms with Crippen molar-refractivity contribution >= 4 is 5.71 Å². The molecule has 0 N–H and O–H groups in total. The fraction of sp³-hybridized carbons (Fsp3) is 0.500. The van der Waals surface area contributed by atoms with E-state index in [1.54, 1.807) is 7.05 Å². The molecule has 0 aliphatic carbocycles. The summed E-state index contributed by atoms with van der Waals surface area (Å²) in [6.45, 7) is 5.56. The second kappa shape index (κ2) is 3.59. The molecule has 0 saturated heterocycles. The molecule has 1 nitrogen and oxygen atoms in total. The third kappa shape index (κ3) is 3.23. The van der Waals surface area contributed by atoms with Crippen LogP contribution in [0.1, 0.15) is 13.3 Å². The molecule has 0 bridgehead atoms. The molecule has 0 radical (unpaired) electrons. The van der Waals surface area contributed by atoms with Gasteiger partial charge in [-0.2, -0.15) is 0 Å². The normalized spacial score (nSPS) is 11.4. The molecule has 0 spiro atoms. The molecule has 0 aromatic rings. The molecule has 0 atom stereocenters. The topological polar surface area (TPSA) is 12.4 Å². The molecule has 0 unspecified atom stereocenters. The summed E-state index contributed by atoms with van der Waals surface area (Å²) in [6.07, 6.45) is 2.76. The molecule has 7 heavy (non-hydrogen) atoms. The minimum absolute atomic E-state index is 0.913. The average molecular weight is 97.2 g/mol. The number of allylic oxidation sites excluding steroid dienone is 1. The molecule has 0 fully saturated rings. The van der Waals surface area contributed by atoms with Gasteiger partial charge in [-0.25, -0.2) is 0 Å². The molecule has 40 valence electrons. The summed E-state index contributed by atoms with van der Waals surface area (Å²) in [4.78, 5) is 3.92. The Hall–Kier alpha value is -0.590. The van der Waals surface area contributed by atoms with Gasteiger partial charge < -0.3 is 0 Å². The molecule has 0 aliphatic heterocycles. The maximum Gasteiger partial charge on any atom is 0.0276 e. The van der Waals surface area contributed by atoms with Crippen molar-refractivity contribution < 1.29 is 0 Å². The van der Waals surface area contributed by atoms with Gasteiger partial charge in [-0.3, -0.25) is 4.99 Å². The third-order valence-corrected chi connectivity index (χ3v) is 0.821. The molecular weight excluding hydrogens is 86.1 g/mol. The quantitative estimate of drug-likeness (QED) is 0.367. The molecule has 0 saturated carbocycles. The van der Waals surface area contributed by atoms with Gasteiger partial charge in [0.25, 0.3) is 0 Å². The van der Waals surface area contributed by atoms with Crippen LogP contribution in [0.3, 0.4) is 0 Å². The number of nitrogens with zero attached hydrogens (tertiary/aromatic N) is 1. The van der Waals surface area contributed by atoms with Crippen molar-refractivity contribution in [1.82, 2.24) is 0 Å². The van der Waals surface area contributed by atoms with Gasteiger partial charge in [0.1, 0.15) is 0 Å². The number of aliphatic imine (C=N–C) groups is 1. The summed E-state index contributed by atoms with van der Waals surface area (Å²) < 4.78 is 0. The highest BCUT2D eigenvalue weighted by molar-refractivity contribution is 5.82. The largest absolute Gasteiger partial charge is 0.297 e. The summed E-state index contributed by atoms with van der Waals surface area (Å²) in [5, 5.41) is 0. The van der Waals surface area contributed by atoms with Crippen molar-refractivity contribution in [3.05, 3.63) is 12.7 Å². The van der Waals surface area contributed by atoms with Crippen LogP contribution >= 0.6 is 0 Å². The Bertz CT molecular complexity index is 82.2.